The van der Waals surface area contributed by atoms with Gasteiger partial charge in [-0.1, -0.05) is 32.4 Å². The molecule has 6 nitrogen and oxygen atoms in total. The van der Waals surface area contributed by atoms with Gasteiger partial charge in [-0.2, -0.15) is 0 Å². The molecule has 2 atom stereocenters. The number of carbonyl (C=O) groups excluding carboxylic acids is 1. The number of fused-ring (bicyclic) bond motifs is 1. The highest BCUT2D eigenvalue weighted by Gasteiger charge is 2.33. The maximum atomic E-state index is 13.3. The lowest BCUT2D eigenvalue weighted by Gasteiger charge is -2.37. The first-order valence-corrected chi connectivity index (χ1v) is 12.0. The molecule has 1 aliphatic rings. The van der Waals surface area contributed by atoms with Crippen LogP contribution in [0.3, 0.4) is 0 Å². The highest BCUT2D eigenvalue weighted by atomic mass is 32.1. The summed E-state index contributed by atoms with van der Waals surface area (Å²) in [5, 5.41) is 12.3. The van der Waals surface area contributed by atoms with Gasteiger partial charge in [0.15, 0.2) is 11.5 Å². The third-order valence-electron chi connectivity index (χ3n) is 5.78. The Hall–Kier alpha value is -2.09. The molecular formula is C24H34N2O4S. The highest BCUT2D eigenvalue weighted by Crippen LogP contribution is 2.35. The van der Waals surface area contributed by atoms with Crippen molar-refractivity contribution < 1.29 is 19.4 Å². The Bertz CT molecular complexity index is 840. The Kier molecular flexibility index (Phi) is 8.75. The van der Waals surface area contributed by atoms with E-state index in [-0.39, 0.29) is 11.9 Å². The summed E-state index contributed by atoms with van der Waals surface area (Å²) in [6.07, 6.45) is 2.16. The van der Waals surface area contributed by atoms with Crippen molar-refractivity contribution in [1.82, 2.24) is 9.80 Å². The van der Waals surface area contributed by atoms with E-state index >= 15 is 0 Å². The van der Waals surface area contributed by atoms with Crippen molar-refractivity contribution in [3.8, 4) is 11.5 Å². The number of methoxy groups -OCH3 is 1. The van der Waals surface area contributed by atoms with Gasteiger partial charge in [0.05, 0.1) is 25.8 Å². The topological polar surface area (TPSA) is 62.2 Å². The first-order chi connectivity index (χ1) is 15.1. The second-order valence-electron chi connectivity index (χ2n) is 7.88. The Morgan fingerprint density at radius 1 is 1.29 bits per heavy atom. The van der Waals surface area contributed by atoms with Crippen LogP contribution in [0.1, 0.15) is 43.2 Å². The van der Waals surface area contributed by atoms with Crippen molar-refractivity contribution in [2.24, 2.45) is 0 Å². The molecule has 7 heteroatoms. The molecule has 0 bridgehead atoms. The average molecular weight is 447 g/mol. The molecule has 0 saturated heterocycles. The monoisotopic (exact) mass is 446 g/mol. The fourth-order valence-electron chi connectivity index (χ4n) is 4.09. The minimum absolute atomic E-state index is 0.0797. The predicted octanol–water partition coefficient (Wildman–Crippen LogP) is 3.74. The van der Waals surface area contributed by atoms with E-state index in [1.54, 1.807) is 18.4 Å². The maximum Gasteiger partial charge on any atom is 0.237 e. The number of thiophene rings is 1. The summed E-state index contributed by atoms with van der Waals surface area (Å²) >= 11 is 1.74. The molecule has 2 unspecified atom stereocenters. The number of para-hydroxylation sites is 2. The molecule has 2 aromatic rings. The molecule has 2 heterocycles. The first kappa shape index (κ1) is 23.6. The molecule has 1 N–H and O–H groups in total. The van der Waals surface area contributed by atoms with Gasteiger partial charge in [-0.25, -0.2) is 0 Å². The minimum atomic E-state index is -0.396. The SMILES string of the molecule is CCCC(O)CN(CC)CC(=O)N1CCc2sccc2C1COc1ccccc1OC. The number of likely N-dealkylation sites (N-methyl/N-ethyl adjacent to an activating group) is 1. The number of hydrogen-bond acceptors (Lipinski definition) is 6. The molecule has 0 aliphatic carbocycles. The molecule has 31 heavy (non-hydrogen) atoms. The smallest absolute Gasteiger partial charge is 0.237 e. The first-order valence-electron chi connectivity index (χ1n) is 11.1. The van der Waals surface area contributed by atoms with E-state index in [2.05, 4.69) is 18.4 Å². The van der Waals surface area contributed by atoms with E-state index < -0.39 is 6.10 Å². The van der Waals surface area contributed by atoms with Crippen LogP contribution < -0.4 is 9.47 Å². The van der Waals surface area contributed by atoms with Crippen molar-refractivity contribution in [2.45, 2.75) is 45.3 Å². The lowest BCUT2D eigenvalue weighted by Crippen LogP contribution is -2.47. The number of aliphatic hydroxyl groups excluding tert-OH is 1. The van der Waals surface area contributed by atoms with E-state index in [4.69, 9.17) is 9.47 Å². The zero-order valence-electron chi connectivity index (χ0n) is 18.8. The van der Waals surface area contributed by atoms with Crippen molar-refractivity contribution in [1.29, 1.82) is 0 Å². The van der Waals surface area contributed by atoms with Gasteiger partial charge < -0.3 is 19.5 Å². The Morgan fingerprint density at radius 3 is 2.77 bits per heavy atom. The average Bonchev–Trinajstić information content (AvgIpc) is 3.26. The summed E-state index contributed by atoms with van der Waals surface area (Å²) in [6.45, 7) is 6.71. The van der Waals surface area contributed by atoms with Crippen LogP contribution in [0, 0.1) is 0 Å². The zero-order chi connectivity index (χ0) is 22.2. The molecule has 170 valence electrons. The zero-order valence-corrected chi connectivity index (χ0v) is 19.6. The van der Waals surface area contributed by atoms with Gasteiger partial charge in [0.2, 0.25) is 5.91 Å². The summed E-state index contributed by atoms with van der Waals surface area (Å²) in [4.78, 5) is 18.6. The summed E-state index contributed by atoms with van der Waals surface area (Å²) < 4.78 is 11.5. The van der Waals surface area contributed by atoms with E-state index in [9.17, 15) is 9.90 Å². The van der Waals surface area contributed by atoms with Crippen LogP contribution in [0.5, 0.6) is 11.5 Å². The van der Waals surface area contributed by atoms with Crippen molar-refractivity contribution >= 4 is 17.2 Å². The quantitative estimate of drug-likeness (QED) is 0.570. The molecule has 0 saturated carbocycles. The number of benzene rings is 1. The van der Waals surface area contributed by atoms with Crippen molar-refractivity contribution in [3.63, 3.8) is 0 Å². The Balaban J connectivity index is 1.72. The predicted molar refractivity (Wildman–Crippen MR) is 124 cm³/mol. The van der Waals surface area contributed by atoms with Gasteiger partial charge in [-0.05, 0) is 48.5 Å². The minimum Gasteiger partial charge on any atom is -0.493 e. The Labute approximate surface area is 189 Å². The summed E-state index contributed by atoms with van der Waals surface area (Å²) in [6, 6.07) is 9.56. The van der Waals surface area contributed by atoms with E-state index in [0.717, 1.165) is 25.8 Å². The van der Waals surface area contributed by atoms with E-state index in [1.165, 1.54) is 10.4 Å². The second kappa shape index (κ2) is 11.5. The van der Waals surface area contributed by atoms with Crippen LogP contribution in [0.2, 0.25) is 0 Å². The third-order valence-corrected chi connectivity index (χ3v) is 6.77. The summed E-state index contributed by atoms with van der Waals surface area (Å²) in [5.74, 6) is 1.44. The van der Waals surface area contributed by atoms with Gasteiger partial charge in [-0.3, -0.25) is 9.69 Å². The number of nitrogens with zero attached hydrogens (tertiary/aromatic N) is 2. The van der Waals surface area contributed by atoms with Crippen LogP contribution in [0.4, 0.5) is 0 Å². The lowest BCUT2D eigenvalue weighted by atomic mass is 10.0. The number of ether oxygens (including phenoxy) is 2. The van der Waals surface area contributed by atoms with Gasteiger partial charge in [-0.15, -0.1) is 11.3 Å². The number of amides is 1. The molecule has 0 fully saturated rings. The summed E-state index contributed by atoms with van der Waals surface area (Å²) in [5.41, 5.74) is 1.17. The summed E-state index contributed by atoms with van der Waals surface area (Å²) in [7, 11) is 1.63. The van der Waals surface area contributed by atoms with Gasteiger partial charge in [0.1, 0.15) is 6.61 Å². The molecule has 0 radical (unpaired) electrons. The molecule has 1 aromatic carbocycles. The molecule has 1 aromatic heterocycles. The number of rotatable bonds is 11. The fraction of sp³-hybridized carbons (Fsp3) is 0.542. The Morgan fingerprint density at radius 2 is 2.06 bits per heavy atom. The van der Waals surface area contributed by atoms with Crippen LogP contribution in [0.15, 0.2) is 35.7 Å². The van der Waals surface area contributed by atoms with Gasteiger partial charge >= 0.3 is 0 Å². The maximum absolute atomic E-state index is 13.3. The molecule has 1 amide bonds. The largest absolute Gasteiger partial charge is 0.493 e. The molecule has 3 rings (SSSR count). The van der Waals surface area contributed by atoms with Crippen LogP contribution in [-0.2, 0) is 11.2 Å². The van der Waals surface area contributed by atoms with Gasteiger partial charge in [0.25, 0.3) is 0 Å². The lowest BCUT2D eigenvalue weighted by molar-refractivity contribution is -0.136. The van der Waals surface area contributed by atoms with Crippen molar-refractivity contribution in [3.05, 3.63) is 46.2 Å². The van der Waals surface area contributed by atoms with Crippen LogP contribution in [0.25, 0.3) is 0 Å². The second-order valence-corrected chi connectivity index (χ2v) is 8.88. The fourth-order valence-corrected chi connectivity index (χ4v) is 5.02. The van der Waals surface area contributed by atoms with Crippen LogP contribution >= 0.6 is 11.3 Å². The van der Waals surface area contributed by atoms with Crippen molar-refractivity contribution in [2.75, 3.05) is 39.9 Å². The van der Waals surface area contributed by atoms with E-state index in [1.807, 2.05) is 41.0 Å². The highest BCUT2D eigenvalue weighted by molar-refractivity contribution is 7.10. The number of aliphatic hydroxyl groups is 1. The standard InChI is InChI=1S/C24H34N2O4S/c1-4-8-18(27)15-25(5-2)16-24(28)26-13-11-23-19(12-14-31-23)20(26)17-30-22-10-7-6-9-21(22)29-3/h6-7,9-10,12,14,18,20,27H,4-5,8,11,13,15-17H2,1-3H3. The molecule has 1 aliphatic heterocycles. The third kappa shape index (κ3) is 5.99. The molecule has 0 spiro atoms. The van der Waals surface area contributed by atoms with Crippen LogP contribution in [-0.4, -0.2) is 66.8 Å². The van der Waals surface area contributed by atoms with Gasteiger partial charge in [0, 0.05) is 18.0 Å². The molecular weight excluding hydrogens is 412 g/mol. The number of hydrogen-bond donors (Lipinski definition) is 1. The van der Waals surface area contributed by atoms with E-state index in [0.29, 0.717) is 37.7 Å². The number of carbonyl (C=O) groups is 1. The normalized spacial score (nSPS) is 16.8.